The largest absolute Gasteiger partial charge is 0.504 e. The maximum atomic E-state index is 12.2. The quantitative estimate of drug-likeness (QED) is 0.561. The highest BCUT2D eigenvalue weighted by Crippen LogP contribution is 2.26. The summed E-state index contributed by atoms with van der Waals surface area (Å²) in [5.41, 5.74) is -0.0848. The van der Waals surface area contributed by atoms with Gasteiger partial charge < -0.3 is 20.1 Å². The van der Waals surface area contributed by atoms with Crippen LogP contribution in [0.15, 0.2) is 18.2 Å². The number of benzene rings is 1. The van der Waals surface area contributed by atoms with Gasteiger partial charge in [0, 0.05) is 18.7 Å². The van der Waals surface area contributed by atoms with E-state index >= 15 is 0 Å². The second-order valence-electron chi connectivity index (χ2n) is 5.98. The molecule has 0 radical (unpaired) electrons. The molecule has 0 amide bonds. The lowest BCUT2D eigenvalue weighted by Gasteiger charge is -2.42. The topological polar surface area (TPSA) is 90.2 Å². The number of morpholine rings is 1. The fourth-order valence-corrected chi connectivity index (χ4v) is 2.62. The number of aliphatic hydroxyl groups excluding tert-OH is 1. The van der Waals surface area contributed by atoms with Crippen LogP contribution in [0.1, 0.15) is 24.2 Å². The Morgan fingerprint density at radius 2 is 2.10 bits per heavy atom. The summed E-state index contributed by atoms with van der Waals surface area (Å²) in [6, 6.07) is 4.03. The summed E-state index contributed by atoms with van der Waals surface area (Å²) in [6.07, 6.45) is -0.310. The summed E-state index contributed by atoms with van der Waals surface area (Å²) in [5, 5.41) is 28.0. The summed E-state index contributed by atoms with van der Waals surface area (Å²) < 4.78 is 5.70. The Morgan fingerprint density at radius 1 is 1.38 bits per heavy atom. The van der Waals surface area contributed by atoms with Crippen LogP contribution in [0.2, 0.25) is 0 Å². The normalized spacial score (nSPS) is 22.1. The number of hydrogen-bond donors (Lipinski definition) is 3. The summed E-state index contributed by atoms with van der Waals surface area (Å²) in [5.74, 6) is -0.713. The summed E-state index contributed by atoms with van der Waals surface area (Å²) >= 11 is 0. The Bertz CT molecular complexity index is 529. The molecule has 1 atom stereocenters. The fraction of sp³-hybridized carbons (Fsp3) is 0.533. The standard InChI is InChI=1S/C15H21NO5/c1-15(2)9-16(6-11(8-17)21-15)7-14(20)10-3-4-12(18)13(19)5-10/h3-5,11,17-19H,6-9H2,1-2H3. The molecule has 6 nitrogen and oxygen atoms in total. The average molecular weight is 295 g/mol. The number of carbonyl (C=O) groups excluding carboxylic acids is 1. The monoisotopic (exact) mass is 295 g/mol. The first-order valence-corrected chi connectivity index (χ1v) is 6.87. The molecule has 2 rings (SSSR count). The molecule has 116 valence electrons. The van der Waals surface area contributed by atoms with Gasteiger partial charge in [-0.3, -0.25) is 9.69 Å². The lowest BCUT2D eigenvalue weighted by Crippen LogP contribution is -2.54. The van der Waals surface area contributed by atoms with Crippen LogP contribution < -0.4 is 0 Å². The van der Waals surface area contributed by atoms with Gasteiger partial charge in [-0.2, -0.15) is 0 Å². The molecule has 0 aromatic heterocycles. The van der Waals surface area contributed by atoms with Gasteiger partial charge in [0.25, 0.3) is 0 Å². The van der Waals surface area contributed by atoms with Crippen molar-refractivity contribution in [3.05, 3.63) is 23.8 Å². The van der Waals surface area contributed by atoms with Gasteiger partial charge in [0.1, 0.15) is 0 Å². The number of phenols is 2. The van der Waals surface area contributed by atoms with Crippen LogP contribution in [0.4, 0.5) is 0 Å². The number of rotatable bonds is 4. The van der Waals surface area contributed by atoms with Crippen LogP contribution in [-0.4, -0.2) is 63.9 Å². The minimum Gasteiger partial charge on any atom is -0.504 e. The smallest absolute Gasteiger partial charge is 0.176 e. The van der Waals surface area contributed by atoms with Gasteiger partial charge in [-0.1, -0.05) is 0 Å². The first-order valence-electron chi connectivity index (χ1n) is 6.87. The number of phenolic OH excluding ortho intramolecular Hbond substituents is 2. The molecule has 1 aliphatic rings. The molecule has 1 fully saturated rings. The Labute approximate surface area is 123 Å². The molecule has 1 saturated heterocycles. The lowest BCUT2D eigenvalue weighted by molar-refractivity contribution is -0.146. The highest BCUT2D eigenvalue weighted by Gasteiger charge is 2.33. The van der Waals surface area contributed by atoms with E-state index in [1.807, 2.05) is 18.7 Å². The number of aromatic hydroxyl groups is 2. The molecule has 0 saturated carbocycles. The summed E-state index contributed by atoms with van der Waals surface area (Å²) in [4.78, 5) is 14.2. The molecular formula is C15H21NO5. The molecule has 0 spiro atoms. The third-order valence-corrected chi connectivity index (χ3v) is 3.42. The van der Waals surface area contributed by atoms with E-state index in [1.165, 1.54) is 18.2 Å². The molecule has 3 N–H and O–H groups in total. The van der Waals surface area contributed by atoms with Crippen LogP contribution >= 0.6 is 0 Å². The van der Waals surface area contributed by atoms with Crippen molar-refractivity contribution in [2.45, 2.75) is 25.6 Å². The number of Topliss-reactive ketones (excluding diaryl/α,β-unsaturated/α-hetero) is 1. The molecule has 21 heavy (non-hydrogen) atoms. The highest BCUT2D eigenvalue weighted by molar-refractivity contribution is 5.98. The van der Waals surface area contributed by atoms with Crippen LogP contribution in [0.3, 0.4) is 0 Å². The summed E-state index contributed by atoms with van der Waals surface area (Å²) in [6.45, 7) is 4.98. The molecule has 0 bridgehead atoms. The van der Waals surface area contributed by atoms with Crippen LogP contribution in [0.5, 0.6) is 11.5 Å². The zero-order valence-corrected chi connectivity index (χ0v) is 12.2. The Balaban J connectivity index is 2.06. The van der Waals surface area contributed by atoms with E-state index in [9.17, 15) is 20.1 Å². The van der Waals surface area contributed by atoms with E-state index in [0.717, 1.165) is 0 Å². The van der Waals surface area contributed by atoms with E-state index in [0.29, 0.717) is 18.7 Å². The van der Waals surface area contributed by atoms with E-state index in [1.54, 1.807) is 0 Å². The van der Waals surface area contributed by atoms with Crippen molar-refractivity contribution in [2.24, 2.45) is 0 Å². The number of aliphatic hydroxyl groups is 1. The van der Waals surface area contributed by atoms with Crippen molar-refractivity contribution in [1.82, 2.24) is 4.90 Å². The minimum atomic E-state index is -0.428. The van der Waals surface area contributed by atoms with Crippen molar-refractivity contribution in [2.75, 3.05) is 26.2 Å². The van der Waals surface area contributed by atoms with Gasteiger partial charge in [0.2, 0.25) is 0 Å². The second-order valence-corrected chi connectivity index (χ2v) is 5.98. The van der Waals surface area contributed by atoms with Gasteiger partial charge >= 0.3 is 0 Å². The average Bonchev–Trinajstić information content (AvgIpc) is 2.39. The van der Waals surface area contributed by atoms with Gasteiger partial charge in [0.05, 0.1) is 24.9 Å². The zero-order valence-electron chi connectivity index (χ0n) is 12.2. The number of carbonyl (C=O) groups is 1. The maximum Gasteiger partial charge on any atom is 0.176 e. The summed E-state index contributed by atoms with van der Waals surface area (Å²) in [7, 11) is 0. The van der Waals surface area contributed by atoms with Crippen molar-refractivity contribution >= 4 is 5.78 Å². The van der Waals surface area contributed by atoms with E-state index in [4.69, 9.17) is 4.74 Å². The third kappa shape index (κ3) is 3.93. The van der Waals surface area contributed by atoms with E-state index in [2.05, 4.69) is 0 Å². The molecule has 0 aliphatic carbocycles. The molecule has 1 heterocycles. The molecule has 1 aliphatic heterocycles. The van der Waals surface area contributed by atoms with Gasteiger partial charge in [-0.25, -0.2) is 0 Å². The maximum absolute atomic E-state index is 12.2. The zero-order chi connectivity index (χ0) is 15.6. The van der Waals surface area contributed by atoms with E-state index in [-0.39, 0.29) is 36.5 Å². The first-order chi connectivity index (χ1) is 9.80. The SMILES string of the molecule is CC1(C)CN(CC(=O)c2ccc(O)c(O)c2)CC(CO)O1. The van der Waals surface area contributed by atoms with Crippen LogP contribution in [0, 0.1) is 0 Å². The minimum absolute atomic E-state index is 0.0892. The van der Waals surface area contributed by atoms with Gasteiger partial charge in [-0.15, -0.1) is 0 Å². The Kier molecular flexibility index (Phi) is 4.51. The lowest BCUT2D eigenvalue weighted by atomic mass is 10.0. The fourth-order valence-electron chi connectivity index (χ4n) is 2.62. The van der Waals surface area contributed by atoms with E-state index < -0.39 is 5.60 Å². The van der Waals surface area contributed by atoms with Crippen molar-refractivity contribution < 1.29 is 24.9 Å². The molecule has 6 heteroatoms. The molecule has 1 aromatic carbocycles. The Hall–Kier alpha value is -1.63. The second kappa shape index (κ2) is 6.01. The van der Waals surface area contributed by atoms with Crippen molar-refractivity contribution in [3.63, 3.8) is 0 Å². The predicted octanol–water partition coefficient (Wildman–Crippen LogP) is 0.752. The molecular weight excluding hydrogens is 274 g/mol. The number of ketones is 1. The van der Waals surface area contributed by atoms with Crippen molar-refractivity contribution in [3.8, 4) is 11.5 Å². The van der Waals surface area contributed by atoms with Gasteiger partial charge in [-0.05, 0) is 32.0 Å². The highest BCUT2D eigenvalue weighted by atomic mass is 16.5. The molecule has 1 aromatic rings. The van der Waals surface area contributed by atoms with Gasteiger partial charge in [0.15, 0.2) is 17.3 Å². The number of nitrogens with zero attached hydrogens (tertiary/aromatic N) is 1. The van der Waals surface area contributed by atoms with Crippen molar-refractivity contribution in [1.29, 1.82) is 0 Å². The number of ether oxygens (including phenoxy) is 1. The van der Waals surface area contributed by atoms with Crippen LogP contribution in [0.25, 0.3) is 0 Å². The third-order valence-electron chi connectivity index (χ3n) is 3.42. The predicted molar refractivity (Wildman–Crippen MR) is 76.6 cm³/mol. The van der Waals surface area contributed by atoms with Crippen LogP contribution in [-0.2, 0) is 4.74 Å². The number of hydrogen-bond acceptors (Lipinski definition) is 6. The first kappa shape index (κ1) is 15.8. The molecule has 1 unspecified atom stereocenters. The Morgan fingerprint density at radius 3 is 2.71 bits per heavy atom.